The minimum absolute atomic E-state index is 0.0236. The zero-order valence-corrected chi connectivity index (χ0v) is 39.5. The predicted molar refractivity (Wildman–Crippen MR) is 245 cm³/mol. The number of nitrogens with zero attached hydrogens (tertiary/aromatic N) is 4. The Balaban J connectivity index is 0.00000102. The summed E-state index contributed by atoms with van der Waals surface area (Å²) in [5, 5.41) is 30.6. The number of benzene rings is 2. The molecule has 19 heteroatoms. The number of hydrogen-bond acceptors (Lipinski definition) is 15. The summed E-state index contributed by atoms with van der Waals surface area (Å²) in [7, 11) is 21.4. The van der Waals surface area contributed by atoms with Gasteiger partial charge in [-0.05, 0) is 144 Å². The van der Waals surface area contributed by atoms with Gasteiger partial charge < -0.3 is 70.0 Å². The molecule has 0 fully saturated rings. The van der Waals surface area contributed by atoms with Gasteiger partial charge in [-0.25, -0.2) is 0 Å². The Morgan fingerprint density at radius 3 is 1.06 bits per heavy atom. The first-order valence-corrected chi connectivity index (χ1v) is 20.6. The van der Waals surface area contributed by atoms with Gasteiger partial charge in [-0.2, -0.15) is 0 Å². The van der Waals surface area contributed by atoms with Crippen LogP contribution in [0.3, 0.4) is 0 Å². The molecule has 0 aliphatic carbocycles. The van der Waals surface area contributed by atoms with E-state index in [1.165, 1.54) is 58.8 Å². The first-order valence-electron chi connectivity index (χ1n) is 20.6. The maximum absolute atomic E-state index is 12.8. The Morgan fingerprint density at radius 1 is 0.508 bits per heavy atom. The highest BCUT2D eigenvalue weighted by molar-refractivity contribution is 6.21. The van der Waals surface area contributed by atoms with E-state index in [1.807, 2.05) is 66.2 Å². The smallest absolute Gasteiger partial charge is 0.256 e. The molecule has 4 amide bonds. The van der Waals surface area contributed by atoms with E-state index in [0.29, 0.717) is 43.6 Å². The van der Waals surface area contributed by atoms with Crippen molar-refractivity contribution in [2.24, 2.45) is 0 Å². The van der Waals surface area contributed by atoms with E-state index in [4.69, 9.17) is 18.9 Å². The second-order valence-electron chi connectivity index (χ2n) is 15.2. The quantitative estimate of drug-likeness (QED) is 0.0260. The van der Waals surface area contributed by atoms with E-state index in [2.05, 4.69) is 31.1 Å². The fraction of sp³-hybridized carbons (Fsp3) is 0.568. The SMILES string of the molecule is CN(C)CCCNC(=O)CC(=O)NCCCN(C)C.COc1cc(C=C(C(=O)NCCCN(C)C)C(=O)NCCCN(C)C)cc(OC)c1O.COc1cc(C=O)cc(OC)c1O. The van der Waals surface area contributed by atoms with Crippen LogP contribution in [0.5, 0.6) is 34.5 Å². The number of carbonyl (C=O) groups is 5. The average Bonchev–Trinajstić information content (AvgIpc) is 3.23. The summed E-state index contributed by atoms with van der Waals surface area (Å²) in [6.45, 7) is 5.63. The number of carbonyl (C=O) groups excluding carboxylic acids is 5. The Kier molecular flexibility index (Phi) is 30.0. The molecule has 0 saturated heterocycles. The first kappa shape index (κ1) is 57.4. The lowest BCUT2D eigenvalue weighted by atomic mass is 10.1. The van der Waals surface area contributed by atoms with Crippen LogP contribution in [0, 0.1) is 0 Å². The van der Waals surface area contributed by atoms with Crippen LogP contribution in [0.4, 0.5) is 0 Å². The van der Waals surface area contributed by atoms with Crippen molar-refractivity contribution in [3.8, 4) is 34.5 Å². The number of aldehydes is 1. The third kappa shape index (κ3) is 25.8. The van der Waals surface area contributed by atoms with Crippen molar-refractivity contribution in [1.82, 2.24) is 40.9 Å². The second-order valence-corrected chi connectivity index (χ2v) is 15.2. The number of nitrogens with one attached hydrogen (secondary N) is 4. The van der Waals surface area contributed by atoms with Gasteiger partial charge in [0.05, 0.1) is 28.4 Å². The van der Waals surface area contributed by atoms with E-state index in [1.54, 1.807) is 0 Å². The standard InChI is InChI=1S/C22H36N4O5.C13H28N4O2.C9H10O4/c1-25(2)11-7-9-23-21(28)17(22(29)24-10-8-12-26(3)4)13-16-14-18(30-5)20(27)19(15-16)31-6;1-16(2)9-5-7-14-12(18)11-13(19)15-8-6-10-17(3)4;1-12-7-3-6(5-10)4-8(13-2)9(7)11/h13-15,27H,7-12H2,1-6H3,(H,23,28)(H,24,29);5-11H2,1-4H3,(H,14,18)(H,15,19);3-5,11H,1-2H3. The van der Waals surface area contributed by atoms with Crippen molar-refractivity contribution in [3.05, 3.63) is 41.0 Å². The topological polar surface area (TPSA) is 224 Å². The van der Waals surface area contributed by atoms with Gasteiger partial charge in [-0.3, -0.25) is 24.0 Å². The molecule has 0 unspecified atom stereocenters. The zero-order valence-electron chi connectivity index (χ0n) is 39.5. The second kappa shape index (κ2) is 33.0. The zero-order chi connectivity index (χ0) is 47.9. The van der Waals surface area contributed by atoms with Crippen molar-refractivity contribution in [2.75, 3.05) is 137 Å². The molecule has 0 heterocycles. The molecule has 0 bridgehead atoms. The fourth-order valence-corrected chi connectivity index (χ4v) is 5.28. The molecule has 2 aromatic rings. The molecule has 6 N–H and O–H groups in total. The van der Waals surface area contributed by atoms with Crippen LogP contribution in [0.1, 0.15) is 48.0 Å². The van der Waals surface area contributed by atoms with Crippen molar-refractivity contribution in [3.63, 3.8) is 0 Å². The summed E-state index contributed by atoms with van der Waals surface area (Å²) in [5.41, 5.74) is 0.865. The molecule has 0 aliphatic heterocycles. The third-order valence-corrected chi connectivity index (χ3v) is 8.61. The molecule has 0 atom stereocenters. The molecule has 0 aliphatic rings. The van der Waals surface area contributed by atoms with Gasteiger partial charge in [-0.1, -0.05) is 0 Å². The van der Waals surface area contributed by atoms with Crippen molar-refractivity contribution >= 4 is 36.0 Å². The van der Waals surface area contributed by atoms with Gasteiger partial charge in [0.2, 0.25) is 23.3 Å². The molecule has 2 rings (SSSR count). The molecule has 63 heavy (non-hydrogen) atoms. The molecule has 356 valence electrons. The minimum atomic E-state index is -0.463. The third-order valence-electron chi connectivity index (χ3n) is 8.61. The van der Waals surface area contributed by atoms with Crippen LogP contribution in [-0.4, -0.2) is 197 Å². The van der Waals surface area contributed by atoms with Gasteiger partial charge in [-0.15, -0.1) is 0 Å². The number of rotatable bonds is 26. The number of hydrogen-bond donors (Lipinski definition) is 6. The van der Waals surface area contributed by atoms with Gasteiger partial charge in [0.1, 0.15) is 18.3 Å². The summed E-state index contributed by atoms with van der Waals surface area (Å²) in [6, 6.07) is 5.95. The van der Waals surface area contributed by atoms with E-state index in [0.717, 1.165) is 51.9 Å². The molecular formula is C44H74N8O11. The van der Waals surface area contributed by atoms with Crippen LogP contribution < -0.4 is 40.2 Å². The lowest BCUT2D eigenvalue weighted by molar-refractivity contribution is -0.129. The van der Waals surface area contributed by atoms with Gasteiger partial charge in [0.15, 0.2) is 23.0 Å². The van der Waals surface area contributed by atoms with Crippen molar-refractivity contribution < 1.29 is 53.1 Å². The Hall–Kier alpha value is -5.63. The number of aromatic hydroxyl groups is 2. The molecule has 0 saturated carbocycles. The van der Waals surface area contributed by atoms with Crippen molar-refractivity contribution in [1.29, 1.82) is 0 Å². The molecule has 19 nitrogen and oxygen atoms in total. The normalized spacial score (nSPS) is 10.5. The van der Waals surface area contributed by atoms with Crippen LogP contribution in [0.15, 0.2) is 29.8 Å². The van der Waals surface area contributed by atoms with E-state index < -0.39 is 11.8 Å². The largest absolute Gasteiger partial charge is 0.502 e. The number of amides is 4. The Labute approximate surface area is 374 Å². The fourth-order valence-electron chi connectivity index (χ4n) is 5.28. The maximum Gasteiger partial charge on any atom is 0.256 e. The highest BCUT2D eigenvalue weighted by Crippen LogP contribution is 2.38. The summed E-state index contributed by atoms with van der Waals surface area (Å²) in [4.78, 5) is 67.1. The minimum Gasteiger partial charge on any atom is -0.502 e. The summed E-state index contributed by atoms with van der Waals surface area (Å²) >= 11 is 0. The van der Waals surface area contributed by atoms with Gasteiger partial charge >= 0.3 is 0 Å². The molecule has 0 aromatic heterocycles. The lowest BCUT2D eigenvalue weighted by Gasteiger charge is -2.14. The number of ether oxygens (including phenoxy) is 4. The van der Waals surface area contributed by atoms with Crippen LogP contribution in [0.25, 0.3) is 6.08 Å². The summed E-state index contributed by atoms with van der Waals surface area (Å²) in [6.07, 6.45) is 5.35. The maximum atomic E-state index is 12.8. The van der Waals surface area contributed by atoms with Gasteiger partial charge in [0.25, 0.3) is 11.8 Å². The van der Waals surface area contributed by atoms with E-state index in [9.17, 15) is 34.2 Å². The van der Waals surface area contributed by atoms with Crippen LogP contribution in [0.2, 0.25) is 0 Å². The number of methoxy groups -OCH3 is 4. The average molecular weight is 891 g/mol. The summed E-state index contributed by atoms with van der Waals surface area (Å²) < 4.78 is 20.0. The first-order chi connectivity index (χ1) is 29.8. The molecule has 2 aromatic carbocycles. The van der Waals surface area contributed by atoms with Gasteiger partial charge in [0, 0.05) is 31.7 Å². The predicted octanol–water partition coefficient (Wildman–Crippen LogP) is 1.66. The van der Waals surface area contributed by atoms with E-state index >= 15 is 0 Å². The lowest BCUT2D eigenvalue weighted by Crippen LogP contribution is -2.36. The molecule has 0 radical (unpaired) electrons. The molecular weight excluding hydrogens is 817 g/mol. The number of phenols is 2. The van der Waals surface area contributed by atoms with Crippen LogP contribution >= 0.6 is 0 Å². The highest BCUT2D eigenvalue weighted by Gasteiger charge is 2.20. The Bertz CT molecular complexity index is 1610. The number of phenolic OH excluding ortho intramolecular Hbond substituents is 2. The van der Waals surface area contributed by atoms with Crippen molar-refractivity contribution in [2.45, 2.75) is 32.1 Å². The Morgan fingerprint density at radius 2 is 0.794 bits per heavy atom. The molecule has 0 spiro atoms. The van der Waals surface area contributed by atoms with E-state index in [-0.39, 0.29) is 58.3 Å². The van der Waals surface area contributed by atoms with Crippen LogP contribution in [-0.2, 0) is 19.2 Å². The highest BCUT2D eigenvalue weighted by atomic mass is 16.5. The monoisotopic (exact) mass is 891 g/mol. The summed E-state index contributed by atoms with van der Waals surface area (Å²) in [5.74, 6) is -0.772.